The van der Waals surface area contributed by atoms with Crippen LogP contribution in [-0.4, -0.2) is 36.2 Å². The van der Waals surface area contributed by atoms with Gasteiger partial charge in [-0.2, -0.15) is 0 Å². The summed E-state index contributed by atoms with van der Waals surface area (Å²) < 4.78 is 10.5. The van der Waals surface area contributed by atoms with Crippen LogP contribution in [0.5, 0.6) is 11.5 Å². The van der Waals surface area contributed by atoms with Crippen molar-refractivity contribution in [1.29, 1.82) is 0 Å². The van der Waals surface area contributed by atoms with Crippen LogP contribution < -0.4 is 20.1 Å². The predicted molar refractivity (Wildman–Crippen MR) is 95.2 cm³/mol. The second-order valence-electron chi connectivity index (χ2n) is 5.61. The minimum Gasteiger partial charge on any atom is -0.480 e. The maximum atomic E-state index is 12.6. The molecule has 3 rings (SSSR count). The fraction of sp³-hybridized carbons (Fsp3) is 0.167. The molecule has 2 amide bonds. The number of hydrogen-bond donors (Lipinski definition) is 3. The lowest BCUT2D eigenvalue weighted by Crippen LogP contribution is -2.32. The number of carboxylic acids is 1. The lowest BCUT2D eigenvalue weighted by atomic mass is 10.1. The van der Waals surface area contributed by atoms with Crippen LogP contribution in [0.1, 0.15) is 26.3 Å². The molecular formula is C18H15ClN2O6. The van der Waals surface area contributed by atoms with Gasteiger partial charge >= 0.3 is 5.97 Å². The van der Waals surface area contributed by atoms with Gasteiger partial charge in [0.25, 0.3) is 11.8 Å². The summed E-state index contributed by atoms with van der Waals surface area (Å²) in [7, 11) is 0. The number of carboxylic acid groups (broad SMARTS) is 1. The number of fused-ring (bicyclic) bond motifs is 1. The minimum absolute atomic E-state index is 0.00747. The van der Waals surface area contributed by atoms with Crippen molar-refractivity contribution in [3.63, 3.8) is 0 Å². The van der Waals surface area contributed by atoms with Crippen LogP contribution in [-0.2, 0) is 11.3 Å². The molecule has 27 heavy (non-hydrogen) atoms. The number of rotatable bonds is 6. The van der Waals surface area contributed by atoms with Crippen molar-refractivity contribution in [2.75, 3.05) is 13.3 Å². The number of carbonyl (C=O) groups is 3. The molecule has 0 aromatic heterocycles. The van der Waals surface area contributed by atoms with Crippen molar-refractivity contribution in [3.8, 4) is 11.5 Å². The quantitative estimate of drug-likeness (QED) is 0.693. The van der Waals surface area contributed by atoms with Crippen LogP contribution in [0.3, 0.4) is 0 Å². The van der Waals surface area contributed by atoms with E-state index in [0.717, 1.165) is 5.56 Å². The second kappa shape index (κ2) is 7.96. The van der Waals surface area contributed by atoms with Gasteiger partial charge in [-0.3, -0.25) is 14.4 Å². The fourth-order valence-corrected chi connectivity index (χ4v) is 2.78. The molecule has 0 spiro atoms. The summed E-state index contributed by atoms with van der Waals surface area (Å²) in [4.78, 5) is 35.4. The van der Waals surface area contributed by atoms with E-state index in [1.54, 1.807) is 18.2 Å². The standard InChI is InChI=1S/C18H15ClN2O6/c19-12-3-1-2-11(17(24)21-8-15(22)23)16(12)18(25)20-7-10-4-5-13-14(6-10)27-9-26-13/h1-6H,7-9H2,(H,20,25)(H,21,24)(H,22,23). The third kappa shape index (κ3) is 4.29. The summed E-state index contributed by atoms with van der Waals surface area (Å²) >= 11 is 6.10. The number of amides is 2. The molecular weight excluding hydrogens is 376 g/mol. The smallest absolute Gasteiger partial charge is 0.322 e. The van der Waals surface area contributed by atoms with Crippen molar-refractivity contribution in [2.45, 2.75) is 6.54 Å². The number of benzene rings is 2. The molecule has 0 fully saturated rings. The lowest BCUT2D eigenvalue weighted by molar-refractivity contribution is -0.135. The Morgan fingerprint density at radius 1 is 1.04 bits per heavy atom. The molecule has 140 valence electrons. The Labute approximate surface area is 159 Å². The highest BCUT2D eigenvalue weighted by atomic mass is 35.5. The van der Waals surface area contributed by atoms with Crippen LogP contribution in [0, 0.1) is 0 Å². The fourth-order valence-electron chi connectivity index (χ4n) is 2.52. The van der Waals surface area contributed by atoms with E-state index in [1.165, 1.54) is 18.2 Å². The first-order valence-electron chi connectivity index (χ1n) is 7.91. The molecule has 1 aliphatic rings. The topological polar surface area (TPSA) is 114 Å². The highest BCUT2D eigenvalue weighted by Crippen LogP contribution is 2.32. The zero-order chi connectivity index (χ0) is 19.4. The lowest BCUT2D eigenvalue weighted by Gasteiger charge is -2.12. The first kappa shape index (κ1) is 18.5. The van der Waals surface area contributed by atoms with Gasteiger partial charge < -0.3 is 25.2 Å². The molecule has 0 bridgehead atoms. The molecule has 0 saturated carbocycles. The van der Waals surface area contributed by atoms with Crippen LogP contribution in [0.15, 0.2) is 36.4 Å². The third-order valence-electron chi connectivity index (χ3n) is 3.78. The van der Waals surface area contributed by atoms with Crippen LogP contribution >= 0.6 is 11.6 Å². The van der Waals surface area contributed by atoms with E-state index in [-0.39, 0.29) is 29.5 Å². The Morgan fingerprint density at radius 2 is 1.81 bits per heavy atom. The van der Waals surface area contributed by atoms with Gasteiger partial charge in [0.2, 0.25) is 6.79 Å². The van der Waals surface area contributed by atoms with Crippen LogP contribution in [0.4, 0.5) is 0 Å². The summed E-state index contributed by atoms with van der Waals surface area (Å²) in [5.41, 5.74) is 0.742. The SMILES string of the molecule is O=C(O)CNC(=O)c1cccc(Cl)c1C(=O)NCc1ccc2c(c1)OCO2. The van der Waals surface area contributed by atoms with Crippen LogP contribution in [0.25, 0.3) is 0 Å². The molecule has 9 heteroatoms. The van der Waals surface area contributed by atoms with Gasteiger partial charge in [0.05, 0.1) is 16.1 Å². The molecule has 2 aromatic carbocycles. The van der Waals surface area contributed by atoms with Crippen molar-refractivity contribution in [2.24, 2.45) is 0 Å². The zero-order valence-electron chi connectivity index (χ0n) is 14.0. The molecule has 1 heterocycles. The molecule has 2 aromatic rings. The Bertz CT molecular complexity index is 915. The average Bonchev–Trinajstić information content (AvgIpc) is 3.11. The van der Waals surface area contributed by atoms with Gasteiger partial charge in [-0.25, -0.2) is 0 Å². The number of hydrogen-bond acceptors (Lipinski definition) is 5. The van der Waals surface area contributed by atoms with Crippen molar-refractivity contribution in [3.05, 3.63) is 58.1 Å². The highest BCUT2D eigenvalue weighted by molar-refractivity contribution is 6.34. The van der Waals surface area contributed by atoms with Crippen molar-refractivity contribution >= 4 is 29.4 Å². The third-order valence-corrected chi connectivity index (χ3v) is 4.09. The summed E-state index contributed by atoms with van der Waals surface area (Å²) in [6.07, 6.45) is 0. The summed E-state index contributed by atoms with van der Waals surface area (Å²) in [6.45, 7) is -0.236. The molecule has 1 aliphatic heterocycles. The maximum absolute atomic E-state index is 12.6. The number of halogens is 1. The Morgan fingerprint density at radius 3 is 2.59 bits per heavy atom. The second-order valence-corrected chi connectivity index (χ2v) is 6.02. The van der Waals surface area contributed by atoms with E-state index in [2.05, 4.69) is 10.6 Å². The average molecular weight is 391 g/mol. The molecule has 0 saturated heterocycles. The number of nitrogens with one attached hydrogen (secondary N) is 2. The Hall–Kier alpha value is -3.26. The monoisotopic (exact) mass is 390 g/mol. The Balaban J connectivity index is 1.74. The van der Waals surface area contributed by atoms with Gasteiger partial charge in [0.15, 0.2) is 11.5 Å². The normalized spacial score (nSPS) is 11.7. The molecule has 0 atom stereocenters. The van der Waals surface area contributed by atoms with Gasteiger partial charge in [0, 0.05) is 6.54 Å². The predicted octanol–water partition coefficient (Wildman–Crippen LogP) is 1.81. The zero-order valence-corrected chi connectivity index (χ0v) is 14.7. The summed E-state index contributed by atoms with van der Waals surface area (Å²) in [5.74, 6) is -1.23. The van der Waals surface area contributed by atoms with Crippen molar-refractivity contribution < 1.29 is 29.0 Å². The number of aliphatic carboxylic acids is 1. The first-order chi connectivity index (χ1) is 13.0. The van der Waals surface area contributed by atoms with E-state index in [9.17, 15) is 14.4 Å². The maximum Gasteiger partial charge on any atom is 0.322 e. The van der Waals surface area contributed by atoms with Gasteiger partial charge in [-0.05, 0) is 29.8 Å². The Kier molecular flexibility index (Phi) is 5.46. The molecule has 0 radical (unpaired) electrons. The summed E-state index contributed by atoms with van der Waals surface area (Å²) in [6, 6.07) is 9.65. The number of carbonyl (C=O) groups excluding carboxylic acids is 2. The van der Waals surface area contributed by atoms with Crippen LogP contribution in [0.2, 0.25) is 5.02 Å². The van der Waals surface area contributed by atoms with Gasteiger partial charge in [-0.1, -0.05) is 23.7 Å². The van der Waals surface area contributed by atoms with Gasteiger partial charge in [-0.15, -0.1) is 0 Å². The van der Waals surface area contributed by atoms with E-state index in [4.69, 9.17) is 26.2 Å². The minimum atomic E-state index is -1.20. The molecule has 8 nitrogen and oxygen atoms in total. The largest absolute Gasteiger partial charge is 0.480 e. The first-order valence-corrected chi connectivity index (χ1v) is 8.28. The molecule has 0 unspecified atom stereocenters. The molecule has 3 N–H and O–H groups in total. The van der Waals surface area contributed by atoms with E-state index in [0.29, 0.717) is 11.5 Å². The van der Waals surface area contributed by atoms with E-state index >= 15 is 0 Å². The summed E-state index contributed by atoms with van der Waals surface area (Å²) in [5, 5.41) is 13.7. The van der Waals surface area contributed by atoms with E-state index in [1.807, 2.05) is 0 Å². The number of ether oxygens (including phenoxy) is 2. The van der Waals surface area contributed by atoms with E-state index < -0.39 is 24.3 Å². The van der Waals surface area contributed by atoms with Gasteiger partial charge in [0.1, 0.15) is 6.54 Å². The molecule has 0 aliphatic carbocycles. The highest BCUT2D eigenvalue weighted by Gasteiger charge is 2.21. The van der Waals surface area contributed by atoms with Crippen molar-refractivity contribution in [1.82, 2.24) is 10.6 Å².